The van der Waals surface area contributed by atoms with E-state index >= 15 is 0 Å². The third-order valence-corrected chi connectivity index (χ3v) is 4.30. The molecule has 9 nitrogen and oxygen atoms in total. The number of aliphatic hydroxyl groups excluding tert-OH is 2. The summed E-state index contributed by atoms with van der Waals surface area (Å²) in [4.78, 5) is 38.9. The van der Waals surface area contributed by atoms with Crippen molar-refractivity contribution in [1.29, 1.82) is 0 Å². The summed E-state index contributed by atoms with van der Waals surface area (Å²) in [6.07, 6.45) is -3.11. The van der Waals surface area contributed by atoms with Gasteiger partial charge in [-0.3, -0.25) is 14.2 Å². The van der Waals surface area contributed by atoms with Crippen LogP contribution in [0.2, 0.25) is 0 Å². The molecule has 0 bridgehead atoms. The van der Waals surface area contributed by atoms with Crippen LogP contribution in [0.5, 0.6) is 0 Å². The standard InChI is InChI=1S/C17H23F2N3O6/c1-2-4-10(24)5-3-6-13(25)20-12-7-8-22(16(27)21-12)15-17(18,19)14(26)11(9-23)28-15/h7-8,11,14-15,23,26H,2-6,9H2,1H3,(H,20,21,25,27)/t11?,14-,15?/m1/s1. The third kappa shape index (κ3) is 4.97. The van der Waals surface area contributed by atoms with Crippen molar-refractivity contribution in [3.05, 3.63) is 22.7 Å². The van der Waals surface area contributed by atoms with Gasteiger partial charge < -0.3 is 20.3 Å². The number of Topliss-reactive ketones (excluding diaryl/α,β-unsaturated/α-hetero) is 1. The van der Waals surface area contributed by atoms with Gasteiger partial charge in [0.05, 0.1) is 6.61 Å². The molecule has 11 heteroatoms. The van der Waals surface area contributed by atoms with Crippen LogP contribution in [0.3, 0.4) is 0 Å². The van der Waals surface area contributed by atoms with E-state index in [1.807, 2.05) is 6.92 Å². The lowest BCUT2D eigenvalue weighted by Crippen LogP contribution is -2.41. The average Bonchev–Trinajstić information content (AvgIpc) is 2.85. The fourth-order valence-electron chi connectivity index (χ4n) is 2.83. The number of anilines is 1. The van der Waals surface area contributed by atoms with Gasteiger partial charge in [0.2, 0.25) is 12.1 Å². The van der Waals surface area contributed by atoms with Gasteiger partial charge in [0.25, 0.3) is 0 Å². The SMILES string of the molecule is CCCC(=O)CCCC(=O)Nc1ccn(C2OC(CO)[C@@H](O)C2(F)F)c(=O)n1. The highest BCUT2D eigenvalue weighted by Crippen LogP contribution is 2.41. The summed E-state index contributed by atoms with van der Waals surface area (Å²) in [5.41, 5.74) is -1.12. The van der Waals surface area contributed by atoms with Crippen LogP contribution in [0.1, 0.15) is 45.3 Å². The number of ketones is 1. The van der Waals surface area contributed by atoms with Crippen LogP contribution < -0.4 is 11.0 Å². The van der Waals surface area contributed by atoms with Gasteiger partial charge in [-0.25, -0.2) is 4.79 Å². The monoisotopic (exact) mass is 403 g/mol. The fraction of sp³-hybridized carbons (Fsp3) is 0.647. The number of halogens is 2. The molecule has 2 unspecified atom stereocenters. The van der Waals surface area contributed by atoms with Crippen LogP contribution in [0.25, 0.3) is 0 Å². The second-order valence-corrected chi connectivity index (χ2v) is 6.52. The normalized spacial score (nSPS) is 23.5. The van der Waals surface area contributed by atoms with E-state index < -0.39 is 42.6 Å². The number of nitrogens with one attached hydrogen (secondary N) is 1. The fourth-order valence-corrected chi connectivity index (χ4v) is 2.83. The zero-order valence-electron chi connectivity index (χ0n) is 15.3. The van der Waals surface area contributed by atoms with Crippen LogP contribution in [0, 0.1) is 0 Å². The van der Waals surface area contributed by atoms with Crippen LogP contribution in [-0.4, -0.2) is 56.2 Å². The van der Waals surface area contributed by atoms with Crippen molar-refractivity contribution in [1.82, 2.24) is 9.55 Å². The maximum absolute atomic E-state index is 14.1. The quantitative estimate of drug-likeness (QED) is 0.550. The van der Waals surface area contributed by atoms with E-state index in [2.05, 4.69) is 10.3 Å². The third-order valence-electron chi connectivity index (χ3n) is 4.30. The van der Waals surface area contributed by atoms with Crippen molar-refractivity contribution in [3.63, 3.8) is 0 Å². The number of carbonyl (C=O) groups excluding carboxylic acids is 2. The Kier molecular flexibility index (Phi) is 7.33. The molecule has 2 heterocycles. The molecular weight excluding hydrogens is 380 g/mol. The predicted octanol–water partition coefficient (Wildman–Crippen LogP) is 0.607. The summed E-state index contributed by atoms with van der Waals surface area (Å²) in [6, 6.07) is 1.14. The molecule has 0 saturated carbocycles. The van der Waals surface area contributed by atoms with Crippen molar-refractivity contribution in [2.24, 2.45) is 0 Å². The molecule has 1 amide bonds. The Morgan fingerprint density at radius 2 is 2.07 bits per heavy atom. The van der Waals surface area contributed by atoms with Crippen molar-refractivity contribution < 1.29 is 33.3 Å². The molecule has 2 rings (SSSR count). The first-order valence-corrected chi connectivity index (χ1v) is 8.93. The van der Waals surface area contributed by atoms with E-state index in [9.17, 15) is 28.3 Å². The molecular formula is C17H23F2N3O6. The molecule has 1 aromatic heterocycles. The van der Waals surface area contributed by atoms with E-state index in [1.165, 1.54) is 0 Å². The number of rotatable bonds is 9. The first-order valence-electron chi connectivity index (χ1n) is 8.93. The highest BCUT2D eigenvalue weighted by molar-refractivity contribution is 5.90. The average molecular weight is 403 g/mol. The first-order chi connectivity index (χ1) is 13.2. The lowest BCUT2D eigenvalue weighted by atomic mass is 10.1. The Labute approximate surface area is 159 Å². The molecule has 1 aliphatic rings. The molecule has 0 radical (unpaired) electrons. The van der Waals surface area contributed by atoms with Crippen LogP contribution in [-0.2, 0) is 14.3 Å². The molecule has 3 N–H and O–H groups in total. The molecule has 3 atom stereocenters. The molecule has 28 heavy (non-hydrogen) atoms. The number of nitrogens with zero attached hydrogens (tertiary/aromatic N) is 2. The number of aliphatic hydroxyl groups is 2. The molecule has 1 aliphatic heterocycles. The van der Waals surface area contributed by atoms with Gasteiger partial charge in [-0.05, 0) is 18.9 Å². The Hall–Kier alpha value is -2.24. The van der Waals surface area contributed by atoms with E-state index in [0.29, 0.717) is 17.4 Å². The lowest BCUT2D eigenvalue weighted by Gasteiger charge is -2.21. The molecule has 0 aliphatic carbocycles. The smallest absolute Gasteiger partial charge is 0.351 e. The highest BCUT2D eigenvalue weighted by Gasteiger charge is 2.59. The minimum Gasteiger partial charge on any atom is -0.394 e. The summed E-state index contributed by atoms with van der Waals surface area (Å²) < 4.78 is 33.6. The van der Waals surface area contributed by atoms with Gasteiger partial charge in [0, 0.05) is 25.5 Å². The minimum atomic E-state index is -3.81. The van der Waals surface area contributed by atoms with E-state index in [1.54, 1.807) is 0 Å². The number of amides is 1. The first kappa shape index (κ1) is 22.1. The number of carbonyl (C=O) groups is 2. The van der Waals surface area contributed by atoms with E-state index in [0.717, 1.165) is 18.7 Å². The van der Waals surface area contributed by atoms with Gasteiger partial charge in [0.1, 0.15) is 17.7 Å². The van der Waals surface area contributed by atoms with Crippen molar-refractivity contribution in [2.45, 2.75) is 63.4 Å². The number of hydrogen-bond acceptors (Lipinski definition) is 7. The molecule has 1 saturated heterocycles. The minimum absolute atomic E-state index is 0.0500. The Morgan fingerprint density at radius 3 is 2.64 bits per heavy atom. The lowest BCUT2D eigenvalue weighted by molar-refractivity contribution is -0.141. The van der Waals surface area contributed by atoms with Crippen molar-refractivity contribution >= 4 is 17.5 Å². The van der Waals surface area contributed by atoms with Gasteiger partial charge in [-0.1, -0.05) is 6.92 Å². The Bertz CT molecular complexity index is 770. The van der Waals surface area contributed by atoms with Crippen molar-refractivity contribution in [2.75, 3.05) is 11.9 Å². The topological polar surface area (TPSA) is 131 Å². The van der Waals surface area contributed by atoms with Gasteiger partial charge >= 0.3 is 11.6 Å². The Morgan fingerprint density at radius 1 is 1.36 bits per heavy atom. The summed E-state index contributed by atoms with van der Waals surface area (Å²) in [6.45, 7) is 1.04. The molecule has 0 spiro atoms. The van der Waals surface area contributed by atoms with Crippen LogP contribution >= 0.6 is 0 Å². The molecule has 0 aromatic carbocycles. The Balaban J connectivity index is 2.00. The zero-order valence-corrected chi connectivity index (χ0v) is 15.3. The maximum atomic E-state index is 14.1. The van der Waals surface area contributed by atoms with Crippen molar-refractivity contribution in [3.8, 4) is 0 Å². The summed E-state index contributed by atoms with van der Waals surface area (Å²) >= 11 is 0. The second kappa shape index (κ2) is 9.30. The highest BCUT2D eigenvalue weighted by atomic mass is 19.3. The number of aromatic nitrogens is 2. The maximum Gasteiger partial charge on any atom is 0.351 e. The largest absolute Gasteiger partial charge is 0.394 e. The van der Waals surface area contributed by atoms with E-state index in [4.69, 9.17) is 9.84 Å². The summed E-state index contributed by atoms with van der Waals surface area (Å²) in [7, 11) is 0. The van der Waals surface area contributed by atoms with Crippen LogP contribution in [0.15, 0.2) is 17.1 Å². The molecule has 1 aromatic rings. The summed E-state index contributed by atoms with van der Waals surface area (Å²) in [5.74, 6) is -4.34. The number of ether oxygens (including phenoxy) is 1. The number of hydrogen-bond donors (Lipinski definition) is 3. The summed E-state index contributed by atoms with van der Waals surface area (Å²) in [5, 5.41) is 20.9. The number of alkyl halides is 2. The molecule has 1 fully saturated rings. The van der Waals surface area contributed by atoms with Crippen LogP contribution in [0.4, 0.5) is 14.6 Å². The molecule has 156 valence electrons. The predicted molar refractivity (Wildman–Crippen MR) is 92.8 cm³/mol. The van der Waals surface area contributed by atoms with E-state index in [-0.39, 0.29) is 24.4 Å². The second-order valence-electron chi connectivity index (χ2n) is 6.52. The van der Waals surface area contributed by atoms with Gasteiger partial charge in [-0.15, -0.1) is 0 Å². The zero-order chi connectivity index (χ0) is 20.9. The van der Waals surface area contributed by atoms with Gasteiger partial charge in [-0.2, -0.15) is 13.8 Å². The van der Waals surface area contributed by atoms with Gasteiger partial charge in [0.15, 0.2) is 6.10 Å².